The maximum atomic E-state index is 12.6. The van der Waals surface area contributed by atoms with Crippen LogP contribution < -0.4 is 14.8 Å². The zero-order valence-corrected chi connectivity index (χ0v) is 29.3. The molecule has 50 heavy (non-hydrogen) atoms. The zero-order valence-electron chi connectivity index (χ0n) is 27.8. The van der Waals surface area contributed by atoms with Gasteiger partial charge in [-0.1, -0.05) is 53.5 Å². The van der Waals surface area contributed by atoms with Crippen molar-refractivity contribution in [3.05, 3.63) is 82.0 Å². The number of hydrogen-bond acceptors (Lipinski definition) is 7. The van der Waals surface area contributed by atoms with Gasteiger partial charge in [-0.2, -0.15) is 0 Å². The highest BCUT2D eigenvalue weighted by atomic mass is 35.5. The van der Waals surface area contributed by atoms with Gasteiger partial charge in [-0.3, -0.25) is 9.78 Å². The molecule has 1 aliphatic rings. The number of alkyl halides is 2. The number of nitrogens with zero attached hydrogens (tertiary/aromatic N) is 4. The lowest BCUT2D eigenvalue weighted by molar-refractivity contribution is -0.130. The number of hydrogen-bond donors (Lipinski definition) is 2. The van der Waals surface area contributed by atoms with Crippen molar-refractivity contribution in [3.8, 4) is 45.3 Å². The quantitative estimate of drug-likeness (QED) is 0.153. The van der Waals surface area contributed by atoms with Gasteiger partial charge in [0.25, 0.3) is 6.43 Å². The molecular weight excluding hydrogens is 691 g/mol. The summed E-state index contributed by atoms with van der Waals surface area (Å²) in [4.78, 5) is 36.4. The molecule has 2 aromatic heterocycles. The van der Waals surface area contributed by atoms with Crippen molar-refractivity contribution in [2.24, 2.45) is 0 Å². The van der Waals surface area contributed by atoms with E-state index in [0.717, 1.165) is 0 Å². The first-order valence-electron chi connectivity index (χ1n) is 15.9. The van der Waals surface area contributed by atoms with Crippen molar-refractivity contribution in [1.82, 2.24) is 25.1 Å². The first-order chi connectivity index (χ1) is 24.0. The van der Waals surface area contributed by atoms with Gasteiger partial charge in [-0.25, -0.2) is 18.6 Å². The van der Waals surface area contributed by atoms with E-state index in [1.54, 1.807) is 47.5 Å². The Morgan fingerprint density at radius 1 is 1.00 bits per heavy atom. The highest BCUT2D eigenvalue weighted by molar-refractivity contribution is 6.39. The Bertz CT molecular complexity index is 1860. The second-order valence-electron chi connectivity index (χ2n) is 11.7. The number of benzene rings is 2. The second-order valence-corrected chi connectivity index (χ2v) is 12.5. The van der Waals surface area contributed by atoms with Gasteiger partial charge in [0.15, 0.2) is 0 Å². The molecule has 3 heterocycles. The SMILES string of the molecule is COc1cc(-c2nccc(-c3cccc(-c4ccc(CN(C(=O)O)C5CCN(C(C)=O)CC5)c(OC)n4)c3Cl)c2Cl)ccc1CNCC(F)F. The number of aromatic nitrogens is 2. The van der Waals surface area contributed by atoms with Crippen LogP contribution in [-0.2, 0) is 17.9 Å². The smallest absolute Gasteiger partial charge is 0.407 e. The number of carbonyl (C=O) groups excluding carboxylic acids is 1. The average Bonchev–Trinajstić information content (AvgIpc) is 3.11. The number of methoxy groups -OCH3 is 2. The van der Waals surface area contributed by atoms with Crippen LogP contribution in [0.1, 0.15) is 30.9 Å². The van der Waals surface area contributed by atoms with E-state index < -0.39 is 19.1 Å². The molecule has 2 N–H and O–H groups in total. The van der Waals surface area contributed by atoms with Gasteiger partial charge in [-0.15, -0.1) is 0 Å². The number of carbonyl (C=O) groups is 2. The Morgan fingerprint density at radius 3 is 2.36 bits per heavy atom. The molecule has 4 aromatic rings. The standard InChI is InChI=1S/C36H37Cl2F2N5O5/c1-21(46)44-15-12-25(13-16-44)45(36(47)48)20-24-9-10-29(43-35(24)50-3)28-6-4-5-26(32(28)37)27-11-14-42-34(33(27)38)22-7-8-23(30(17-22)49-2)18-41-19-31(39)40/h4-11,14,17,25,31,41H,12-13,15-16,18-20H2,1-3H3,(H,47,48). The molecule has 1 fully saturated rings. The van der Waals surface area contributed by atoms with Crippen LogP contribution in [0.4, 0.5) is 13.6 Å². The fourth-order valence-corrected chi connectivity index (χ4v) is 6.74. The van der Waals surface area contributed by atoms with E-state index >= 15 is 0 Å². The molecule has 2 aromatic carbocycles. The summed E-state index contributed by atoms with van der Waals surface area (Å²) < 4.78 is 36.4. The Balaban J connectivity index is 1.41. The first kappa shape index (κ1) is 36.8. The third kappa shape index (κ3) is 8.26. The molecule has 1 saturated heterocycles. The molecule has 10 nitrogen and oxygen atoms in total. The normalized spacial score (nSPS) is 13.4. The molecule has 0 bridgehead atoms. The summed E-state index contributed by atoms with van der Waals surface area (Å²) in [6.45, 7) is 2.35. The van der Waals surface area contributed by atoms with Gasteiger partial charge < -0.3 is 29.7 Å². The lowest BCUT2D eigenvalue weighted by atomic mass is 9.99. The molecular formula is C36H37Cl2F2N5O5. The molecule has 1 aliphatic heterocycles. The topological polar surface area (TPSA) is 117 Å². The fraction of sp³-hybridized carbons (Fsp3) is 0.333. The zero-order chi connectivity index (χ0) is 35.9. The molecule has 5 rings (SSSR count). The monoisotopic (exact) mass is 727 g/mol. The van der Waals surface area contributed by atoms with E-state index in [1.807, 2.05) is 18.2 Å². The predicted molar refractivity (Wildman–Crippen MR) is 188 cm³/mol. The van der Waals surface area contributed by atoms with Crippen LogP contribution >= 0.6 is 23.2 Å². The minimum Gasteiger partial charge on any atom is -0.496 e. The van der Waals surface area contributed by atoms with Gasteiger partial charge in [0.05, 0.1) is 48.7 Å². The molecule has 0 unspecified atom stereocenters. The highest BCUT2D eigenvalue weighted by Crippen LogP contribution is 2.42. The predicted octanol–water partition coefficient (Wildman–Crippen LogP) is 7.65. The summed E-state index contributed by atoms with van der Waals surface area (Å²) in [6.07, 6.45) is -0.809. The molecule has 14 heteroatoms. The van der Waals surface area contributed by atoms with Crippen molar-refractivity contribution in [2.75, 3.05) is 33.9 Å². The van der Waals surface area contributed by atoms with Crippen LogP contribution in [-0.4, -0.2) is 83.2 Å². The van der Waals surface area contributed by atoms with Gasteiger partial charge in [0.2, 0.25) is 11.8 Å². The summed E-state index contributed by atoms with van der Waals surface area (Å²) in [5.74, 6) is 0.747. The van der Waals surface area contributed by atoms with E-state index in [0.29, 0.717) is 86.5 Å². The van der Waals surface area contributed by atoms with Gasteiger partial charge in [0, 0.05) is 72.2 Å². The lowest BCUT2D eigenvalue weighted by Crippen LogP contribution is -2.47. The molecule has 0 spiro atoms. The van der Waals surface area contributed by atoms with Crippen LogP contribution in [0.2, 0.25) is 10.0 Å². The van der Waals surface area contributed by atoms with E-state index in [2.05, 4.69) is 10.3 Å². The maximum Gasteiger partial charge on any atom is 0.407 e. The minimum atomic E-state index is -2.46. The highest BCUT2D eigenvalue weighted by Gasteiger charge is 2.30. The van der Waals surface area contributed by atoms with Crippen LogP contribution in [0.25, 0.3) is 33.6 Å². The number of likely N-dealkylation sites (tertiary alicyclic amines) is 1. The van der Waals surface area contributed by atoms with Gasteiger partial charge in [0.1, 0.15) is 5.75 Å². The van der Waals surface area contributed by atoms with Crippen LogP contribution in [0.5, 0.6) is 11.6 Å². The van der Waals surface area contributed by atoms with Crippen LogP contribution in [0, 0.1) is 0 Å². The number of carboxylic acid groups (broad SMARTS) is 1. The van der Waals surface area contributed by atoms with Gasteiger partial charge in [-0.05, 0) is 37.1 Å². The van der Waals surface area contributed by atoms with Crippen LogP contribution in [0.3, 0.4) is 0 Å². The number of pyridine rings is 2. The van der Waals surface area contributed by atoms with E-state index in [4.69, 9.17) is 37.7 Å². The average molecular weight is 729 g/mol. The molecule has 0 radical (unpaired) electrons. The third-order valence-corrected chi connectivity index (χ3v) is 9.49. The lowest BCUT2D eigenvalue weighted by Gasteiger charge is -2.37. The van der Waals surface area contributed by atoms with Crippen molar-refractivity contribution in [1.29, 1.82) is 0 Å². The molecule has 0 aliphatic carbocycles. The number of amides is 2. The Hall–Kier alpha value is -4.52. The van der Waals surface area contributed by atoms with Crippen molar-refractivity contribution >= 4 is 35.2 Å². The molecule has 0 saturated carbocycles. The summed E-state index contributed by atoms with van der Waals surface area (Å²) in [5, 5.41) is 13.5. The van der Waals surface area contributed by atoms with Crippen molar-refractivity contribution < 1.29 is 33.0 Å². The Morgan fingerprint density at radius 2 is 1.70 bits per heavy atom. The number of piperidine rings is 1. The van der Waals surface area contributed by atoms with Crippen LogP contribution in [0.15, 0.2) is 60.8 Å². The number of nitrogens with one attached hydrogen (secondary N) is 1. The van der Waals surface area contributed by atoms with Gasteiger partial charge >= 0.3 is 6.09 Å². The Kier molecular flexibility index (Phi) is 12.1. The number of rotatable bonds is 12. The summed E-state index contributed by atoms with van der Waals surface area (Å²) in [6, 6.07) is 15.9. The minimum absolute atomic E-state index is 0.0202. The Labute approximate surface area is 298 Å². The summed E-state index contributed by atoms with van der Waals surface area (Å²) in [7, 11) is 2.98. The van der Waals surface area contributed by atoms with E-state index in [9.17, 15) is 23.5 Å². The molecule has 264 valence electrons. The van der Waals surface area contributed by atoms with Crippen molar-refractivity contribution in [2.45, 2.75) is 45.3 Å². The molecule has 0 atom stereocenters. The maximum absolute atomic E-state index is 12.6. The number of halogens is 4. The summed E-state index contributed by atoms with van der Waals surface area (Å²) >= 11 is 14.0. The van der Waals surface area contributed by atoms with E-state index in [1.165, 1.54) is 26.0 Å². The third-order valence-electron chi connectivity index (χ3n) is 8.70. The fourth-order valence-electron chi connectivity index (χ4n) is 6.09. The first-order valence-corrected chi connectivity index (χ1v) is 16.7. The number of ether oxygens (including phenoxy) is 2. The van der Waals surface area contributed by atoms with E-state index in [-0.39, 0.29) is 30.9 Å². The second kappa shape index (κ2) is 16.5. The van der Waals surface area contributed by atoms with Crippen molar-refractivity contribution in [3.63, 3.8) is 0 Å². The molecule has 2 amide bonds. The summed E-state index contributed by atoms with van der Waals surface area (Å²) in [5.41, 5.74) is 4.83. The largest absolute Gasteiger partial charge is 0.496 e.